The molecule has 0 unspecified atom stereocenters. The highest BCUT2D eigenvalue weighted by atomic mass is 16.6. The Morgan fingerprint density at radius 3 is 2.32 bits per heavy atom. The van der Waals surface area contributed by atoms with E-state index < -0.39 is 71.8 Å². The molecule has 47 heavy (non-hydrogen) atoms. The molecule has 4 aliphatic heterocycles. The Morgan fingerprint density at radius 1 is 0.979 bits per heavy atom. The van der Waals surface area contributed by atoms with E-state index in [9.17, 15) is 24.3 Å². The van der Waals surface area contributed by atoms with Crippen LogP contribution in [0.3, 0.4) is 0 Å². The quantitative estimate of drug-likeness (QED) is 0.386. The Bertz CT molecular complexity index is 1570. The van der Waals surface area contributed by atoms with Crippen LogP contribution >= 0.6 is 0 Å². The Kier molecular flexibility index (Phi) is 8.84. The van der Waals surface area contributed by atoms with E-state index in [4.69, 9.17) is 9.47 Å². The third kappa shape index (κ3) is 5.78. The standard InChI is InChI=1S/C37H43N3O7/c1-23-31(25-16-10-6-11-17-25)46-35(45)29-27-19-20-37(47-27)30(29)33(43)40(26(22-41)24-14-8-5-9-15-24)32(37)34(44)39(36(2,3)4)21-13-7-12-18-28(42)38-23/h5-11,13-17,19-20,23,26-27,29-32,41H,12,18,21-22H2,1-4H3,(H,38,42)/b13-7-/t23-,26+,27+,29-,30-,31+,32+,37-/m0/s1. The van der Waals surface area contributed by atoms with E-state index in [-0.39, 0.29) is 24.8 Å². The Balaban J connectivity index is 1.48. The molecule has 4 aliphatic rings. The molecule has 2 fully saturated rings. The number of aliphatic hydroxyl groups excluding tert-OH is 1. The van der Waals surface area contributed by atoms with Gasteiger partial charge >= 0.3 is 5.97 Å². The molecule has 248 valence electrons. The second kappa shape index (κ2) is 12.7. The first-order chi connectivity index (χ1) is 22.5. The first kappa shape index (κ1) is 32.7. The van der Waals surface area contributed by atoms with Crippen molar-refractivity contribution in [1.82, 2.24) is 15.1 Å². The molecule has 0 aromatic heterocycles. The molecule has 3 amide bonds. The maximum atomic E-state index is 14.9. The van der Waals surface area contributed by atoms with Gasteiger partial charge in [0.2, 0.25) is 17.7 Å². The van der Waals surface area contributed by atoms with Crippen LogP contribution in [0.4, 0.5) is 0 Å². The predicted octanol–water partition coefficient (Wildman–Crippen LogP) is 3.64. The van der Waals surface area contributed by atoms with E-state index in [0.29, 0.717) is 17.5 Å². The van der Waals surface area contributed by atoms with Crippen LogP contribution in [-0.4, -0.2) is 81.1 Å². The number of hydrogen-bond acceptors (Lipinski definition) is 7. The third-order valence-corrected chi connectivity index (χ3v) is 9.79. The summed E-state index contributed by atoms with van der Waals surface area (Å²) in [5, 5.41) is 13.8. The molecule has 0 radical (unpaired) electrons. The lowest BCUT2D eigenvalue weighted by Crippen LogP contribution is -2.60. The number of cyclic esters (lactones) is 1. The number of nitrogens with one attached hydrogen (secondary N) is 1. The fourth-order valence-corrected chi connectivity index (χ4v) is 7.58. The number of carbonyl (C=O) groups excluding carboxylic acids is 4. The summed E-state index contributed by atoms with van der Waals surface area (Å²) in [5.41, 5.74) is -0.760. The van der Waals surface area contributed by atoms with Crippen molar-refractivity contribution in [3.63, 3.8) is 0 Å². The summed E-state index contributed by atoms with van der Waals surface area (Å²) in [5.74, 6) is -3.77. The Labute approximate surface area is 275 Å². The normalized spacial score (nSPS) is 32.6. The molecule has 2 aromatic carbocycles. The molecule has 2 aromatic rings. The topological polar surface area (TPSA) is 125 Å². The molecule has 10 nitrogen and oxygen atoms in total. The summed E-state index contributed by atoms with van der Waals surface area (Å²) in [6.45, 7) is 7.33. The van der Waals surface area contributed by atoms with Crippen molar-refractivity contribution in [1.29, 1.82) is 0 Å². The van der Waals surface area contributed by atoms with E-state index in [1.54, 1.807) is 24.0 Å². The van der Waals surface area contributed by atoms with Crippen molar-refractivity contribution in [2.24, 2.45) is 11.8 Å². The molecule has 8 atom stereocenters. The van der Waals surface area contributed by atoms with Crippen LogP contribution < -0.4 is 5.32 Å². The number of hydrogen-bond donors (Lipinski definition) is 2. The number of allylic oxidation sites excluding steroid dienone is 1. The smallest absolute Gasteiger partial charge is 0.313 e. The summed E-state index contributed by atoms with van der Waals surface area (Å²) < 4.78 is 12.8. The molecule has 5 bridgehead atoms. The monoisotopic (exact) mass is 641 g/mol. The van der Waals surface area contributed by atoms with Gasteiger partial charge in [-0.1, -0.05) is 85.0 Å². The van der Waals surface area contributed by atoms with Gasteiger partial charge in [-0.05, 0) is 45.2 Å². The zero-order valence-corrected chi connectivity index (χ0v) is 27.2. The number of likely N-dealkylation sites (tertiary alicyclic amines) is 1. The molecule has 1 spiro atoms. The zero-order valence-electron chi connectivity index (χ0n) is 27.2. The van der Waals surface area contributed by atoms with Gasteiger partial charge in [-0.3, -0.25) is 19.2 Å². The lowest BCUT2D eigenvalue weighted by Gasteiger charge is -2.43. The number of nitrogens with zero attached hydrogens (tertiary/aromatic N) is 2. The van der Waals surface area contributed by atoms with Crippen molar-refractivity contribution in [3.05, 3.63) is 96.1 Å². The first-order valence-corrected chi connectivity index (χ1v) is 16.3. The van der Waals surface area contributed by atoms with Crippen molar-refractivity contribution < 1.29 is 33.8 Å². The lowest BCUT2D eigenvalue weighted by atomic mass is 9.74. The van der Waals surface area contributed by atoms with Gasteiger partial charge in [0, 0.05) is 18.5 Å². The highest BCUT2D eigenvalue weighted by Crippen LogP contribution is 2.57. The number of ether oxygens (including phenoxy) is 2. The van der Waals surface area contributed by atoms with E-state index in [0.717, 1.165) is 0 Å². The fourth-order valence-electron chi connectivity index (χ4n) is 7.58. The van der Waals surface area contributed by atoms with Crippen molar-refractivity contribution >= 4 is 23.7 Å². The number of rotatable bonds is 4. The van der Waals surface area contributed by atoms with Gasteiger partial charge in [0.1, 0.15) is 23.7 Å². The highest BCUT2D eigenvalue weighted by molar-refractivity contribution is 5.99. The van der Waals surface area contributed by atoms with E-state index in [2.05, 4.69) is 5.32 Å². The van der Waals surface area contributed by atoms with Gasteiger partial charge in [0.15, 0.2) is 0 Å². The van der Waals surface area contributed by atoms with E-state index in [1.165, 1.54) is 4.90 Å². The summed E-state index contributed by atoms with van der Waals surface area (Å²) in [6, 6.07) is 15.7. The molecule has 4 heterocycles. The molecule has 6 rings (SSSR count). The summed E-state index contributed by atoms with van der Waals surface area (Å²) >= 11 is 0. The van der Waals surface area contributed by atoms with Gasteiger partial charge in [0.05, 0.1) is 30.7 Å². The average molecular weight is 642 g/mol. The van der Waals surface area contributed by atoms with Crippen molar-refractivity contribution in [3.8, 4) is 0 Å². The molecular weight excluding hydrogens is 598 g/mol. The SMILES string of the molecule is C[C@@H]1NC(=O)CC/C=C\CN(C(C)(C)C)C(=O)[C@H]2N([C@H](CO)c3ccccc3)C(=O)[C@@H]3[C@@H](C(=O)O[C@H]1c1ccccc1)[C@H]1C=C[C@]32O1. The second-order valence-corrected chi connectivity index (χ2v) is 13.8. The minimum absolute atomic E-state index is 0.196. The minimum Gasteiger partial charge on any atom is -0.455 e. The van der Waals surface area contributed by atoms with Crippen molar-refractivity contribution in [2.75, 3.05) is 13.2 Å². The third-order valence-electron chi connectivity index (χ3n) is 9.79. The summed E-state index contributed by atoms with van der Waals surface area (Å²) in [7, 11) is 0. The molecule has 0 aliphatic carbocycles. The number of fused-ring (bicyclic) bond motifs is 2. The molecule has 10 heteroatoms. The van der Waals surface area contributed by atoms with E-state index in [1.807, 2.05) is 93.6 Å². The summed E-state index contributed by atoms with van der Waals surface area (Å²) in [6.07, 6.45) is 6.26. The maximum absolute atomic E-state index is 14.9. The first-order valence-electron chi connectivity index (χ1n) is 16.3. The zero-order chi connectivity index (χ0) is 33.5. The van der Waals surface area contributed by atoms with Crippen LogP contribution in [0, 0.1) is 11.8 Å². The maximum Gasteiger partial charge on any atom is 0.313 e. The van der Waals surface area contributed by atoms with Gasteiger partial charge < -0.3 is 29.7 Å². The minimum atomic E-state index is -1.45. The van der Waals surface area contributed by atoms with Crippen LogP contribution in [0.5, 0.6) is 0 Å². The predicted molar refractivity (Wildman–Crippen MR) is 173 cm³/mol. The fraction of sp³-hybridized carbons (Fsp3) is 0.459. The average Bonchev–Trinajstić information content (AvgIpc) is 3.69. The van der Waals surface area contributed by atoms with Crippen LogP contribution in [0.2, 0.25) is 0 Å². The van der Waals surface area contributed by atoms with Crippen LogP contribution in [0.25, 0.3) is 0 Å². The highest BCUT2D eigenvalue weighted by Gasteiger charge is 2.74. The Morgan fingerprint density at radius 2 is 1.66 bits per heavy atom. The van der Waals surface area contributed by atoms with Crippen LogP contribution in [0.1, 0.15) is 63.8 Å². The molecular formula is C37H43N3O7. The largest absolute Gasteiger partial charge is 0.455 e. The number of benzene rings is 2. The van der Waals surface area contributed by atoms with Gasteiger partial charge in [-0.25, -0.2) is 0 Å². The number of esters is 1. The second-order valence-electron chi connectivity index (χ2n) is 13.8. The molecule has 2 saturated heterocycles. The molecule has 2 N–H and O–H groups in total. The van der Waals surface area contributed by atoms with Gasteiger partial charge in [-0.15, -0.1) is 0 Å². The van der Waals surface area contributed by atoms with E-state index >= 15 is 0 Å². The number of amides is 3. The molecule has 0 saturated carbocycles. The van der Waals surface area contributed by atoms with Gasteiger partial charge in [0.25, 0.3) is 0 Å². The van der Waals surface area contributed by atoms with Crippen LogP contribution in [-0.2, 0) is 28.7 Å². The number of aliphatic hydroxyl groups is 1. The lowest BCUT2D eigenvalue weighted by molar-refractivity contribution is -0.162. The van der Waals surface area contributed by atoms with Crippen LogP contribution in [0.15, 0.2) is 85.0 Å². The van der Waals surface area contributed by atoms with Gasteiger partial charge in [-0.2, -0.15) is 0 Å². The summed E-state index contributed by atoms with van der Waals surface area (Å²) in [4.78, 5) is 60.0. The van der Waals surface area contributed by atoms with Crippen molar-refractivity contribution in [2.45, 2.75) is 82.0 Å². The number of carbonyl (C=O) groups is 4. The Hall–Kier alpha value is -4.28.